The highest BCUT2D eigenvalue weighted by Crippen LogP contribution is 2.24. The number of hydrogen-bond donors (Lipinski definition) is 0. The van der Waals surface area contributed by atoms with Gasteiger partial charge in [-0.25, -0.2) is 0 Å². The van der Waals surface area contributed by atoms with Gasteiger partial charge in [-0.15, -0.1) is 11.3 Å². The Hall–Kier alpha value is -2.77. The van der Waals surface area contributed by atoms with Crippen molar-refractivity contribution < 1.29 is 9.15 Å². The standard InChI is InChI=1S/C18H14N2O4S/c1-23-9-8-20-16(13-7-4-10-25-13)19-17-14(18(20)22)15(21)11-5-2-3-6-12(11)24-17/h2-7,10H,8-9H2,1H3. The van der Waals surface area contributed by atoms with Crippen LogP contribution < -0.4 is 11.0 Å². The predicted molar refractivity (Wildman–Crippen MR) is 97.2 cm³/mol. The molecule has 25 heavy (non-hydrogen) atoms. The summed E-state index contributed by atoms with van der Waals surface area (Å²) in [5.41, 5.74) is -0.298. The van der Waals surface area contributed by atoms with Gasteiger partial charge in [-0.2, -0.15) is 4.98 Å². The van der Waals surface area contributed by atoms with E-state index in [1.807, 2.05) is 17.5 Å². The Balaban J connectivity index is 2.13. The van der Waals surface area contributed by atoms with Gasteiger partial charge in [0.05, 0.1) is 23.4 Å². The summed E-state index contributed by atoms with van der Waals surface area (Å²) in [6, 6.07) is 10.6. The normalized spacial score (nSPS) is 11.4. The molecule has 0 aliphatic heterocycles. The highest BCUT2D eigenvalue weighted by atomic mass is 32.1. The first kappa shape index (κ1) is 15.7. The van der Waals surface area contributed by atoms with Gasteiger partial charge in [-0.05, 0) is 23.6 Å². The summed E-state index contributed by atoms with van der Waals surface area (Å²) in [5, 5.41) is 2.24. The van der Waals surface area contributed by atoms with E-state index in [9.17, 15) is 9.59 Å². The van der Waals surface area contributed by atoms with Crippen molar-refractivity contribution in [2.45, 2.75) is 6.54 Å². The third-order valence-corrected chi connectivity index (χ3v) is 4.83. The third-order valence-electron chi connectivity index (χ3n) is 3.96. The summed E-state index contributed by atoms with van der Waals surface area (Å²) >= 11 is 1.47. The Morgan fingerprint density at radius 1 is 1.20 bits per heavy atom. The average molecular weight is 354 g/mol. The van der Waals surface area contributed by atoms with Gasteiger partial charge in [0.15, 0.2) is 11.2 Å². The summed E-state index contributed by atoms with van der Waals surface area (Å²) < 4.78 is 12.3. The maximum atomic E-state index is 13.0. The van der Waals surface area contributed by atoms with Crippen molar-refractivity contribution in [1.82, 2.24) is 9.55 Å². The lowest BCUT2D eigenvalue weighted by Gasteiger charge is -2.11. The monoisotopic (exact) mass is 354 g/mol. The molecule has 7 heteroatoms. The maximum absolute atomic E-state index is 13.0. The number of thiophene rings is 1. The van der Waals surface area contributed by atoms with Crippen molar-refractivity contribution in [3.63, 3.8) is 0 Å². The topological polar surface area (TPSA) is 74.3 Å². The zero-order valence-corrected chi connectivity index (χ0v) is 14.2. The molecule has 0 aliphatic rings. The molecule has 0 unspecified atom stereocenters. The van der Waals surface area contributed by atoms with E-state index in [1.54, 1.807) is 31.4 Å². The molecular weight excluding hydrogens is 340 g/mol. The van der Waals surface area contributed by atoms with Crippen molar-refractivity contribution in [3.05, 3.63) is 62.4 Å². The number of hydrogen-bond acceptors (Lipinski definition) is 6. The molecule has 0 spiro atoms. The highest BCUT2D eigenvalue weighted by Gasteiger charge is 2.19. The summed E-state index contributed by atoms with van der Waals surface area (Å²) in [7, 11) is 1.56. The molecule has 0 saturated carbocycles. The Bertz CT molecular complexity index is 1180. The summed E-state index contributed by atoms with van der Waals surface area (Å²) in [6.07, 6.45) is 0. The minimum Gasteiger partial charge on any atom is -0.437 e. The smallest absolute Gasteiger partial charge is 0.269 e. The van der Waals surface area contributed by atoms with E-state index >= 15 is 0 Å². The molecule has 0 radical (unpaired) electrons. The average Bonchev–Trinajstić information content (AvgIpc) is 3.15. The lowest BCUT2D eigenvalue weighted by Crippen LogP contribution is -2.28. The quantitative estimate of drug-likeness (QED) is 0.527. The van der Waals surface area contributed by atoms with E-state index in [0.29, 0.717) is 29.9 Å². The Morgan fingerprint density at radius 2 is 2.04 bits per heavy atom. The van der Waals surface area contributed by atoms with Gasteiger partial charge >= 0.3 is 0 Å². The van der Waals surface area contributed by atoms with Crippen LogP contribution in [0.25, 0.3) is 32.8 Å². The second-order valence-electron chi connectivity index (χ2n) is 5.47. The van der Waals surface area contributed by atoms with E-state index in [-0.39, 0.29) is 16.5 Å². The molecule has 0 fully saturated rings. The number of fused-ring (bicyclic) bond motifs is 2. The van der Waals surface area contributed by atoms with Crippen molar-refractivity contribution in [1.29, 1.82) is 0 Å². The minimum atomic E-state index is -0.412. The molecule has 4 rings (SSSR count). The van der Waals surface area contributed by atoms with E-state index in [1.165, 1.54) is 15.9 Å². The van der Waals surface area contributed by atoms with Gasteiger partial charge in [0.25, 0.3) is 5.56 Å². The maximum Gasteiger partial charge on any atom is 0.269 e. The molecular formula is C18H14N2O4S. The summed E-state index contributed by atoms with van der Waals surface area (Å²) in [6.45, 7) is 0.641. The van der Waals surface area contributed by atoms with E-state index in [2.05, 4.69) is 4.98 Å². The molecule has 6 nitrogen and oxygen atoms in total. The lowest BCUT2D eigenvalue weighted by atomic mass is 10.2. The number of methoxy groups -OCH3 is 1. The van der Waals surface area contributed by atoms with Gasteiger partial charge in [0, 0.05) is 7.11 Å². The van der Waals surface area contributed by atoms with Crippen LogP contribution in [-0.4, -0.2) is 23.3 Å². The second kappa shape index (κ2) is 6.27. The molecule has 126 valence electrons. The van der Waals surface area contributed by atoms with Gasteiger partial charge < -0.3 is 9.15 Å². The van der Waals surface area contributed by atoms with Crippen molar-refractivity contribution >= 4 is 33.4 Å². The fourth-order valence-electron chi connectivity index (χ4n) is 2.77. The van der Waals surface area contributed by atoms with Crippen molar-refractivity contribution in [2.75, 3.05) is 13.7 Å². The number of rotatable bonds is 4. The molecule has 0 saturated heterocycles. The van der Waals surface area contributed by atoms with E-state index in [4.69, 9.17) is 9.15 Å². The van der Waals surface area contributed by atoms with Crippen molar-refractivity contribution in [3.8, 4) is 10.7 Å². The minimum absolute atomic E-state index is 0.0323. The van der Waals surface area contributed by atoms with E-state index < -0.39 is 5.56 Å². The lowest BCUT2D eigenvalue weighted by molar-refractivity contribution is 0.186. The fourth-order valence-corrected chi connectivity index (χ4v) is 3.49. The zero-order chi connectivity index (χ0) is 17.4. The number of ether oxygens (including phenoxy) is 1. The van der Waals surface area contributed by atoms with Crippen LogP contribution in [0.4, 0.5) is 0 Å². The molecule has 3 heterocycles. The van der Waals surface area contributed by atoms with Crippen LogP contribution in [0.15, 0.2) is 55.8 Å². The Labute approximate surface area is 145 Å². The van der Waals surface area contributed by atoms with Crippen LogP contribution in [0.1, 0.15) is 0 Å². The largest absolute Gasteiger partial charge is 0.437 e. The Kier molecular flexibility index (Phi) is 3.95. The fraction of sp³-hybridized carbons (Fsp3) is 0.167. The van der Waals surface area contributed by atoms with Gasteiger partial charge in [0.2, 0.25) is 11.1 Å². The zero-order valence-electron chi connectivity index (χ0n) is 13.4. The molecule has 0 aliphatic carbocycles. The summed E-state index contributed by atoms with van der Waals surface area (Å²) in [5.74, 6) is 0.475. The molecule has 4 aromatic rings. The summed E-state index contributed by atoms with van der Waals surface area (Å²) in [4.78, 5) is 31.1. The van der Waals surface area contributed by atoms with Crippen LogP contribution >= 0.6 is 11.3 Å². The van der Waals surface area contributed by atoms with Crippen LogP contribution in [-0.2, 0) is 11.3 Å². The van der Waals surface area contributed by atoms with Gasteiger partial charge in [-0.1, -0.05) is 18.2 Å². The number of para-hydroxylation sites is 1. The van der Waals surface area contributed by atoms with Crippen LogP contribution in [0.2, 0.25) is 0 Å². The van der Waals surface area contributed by atoms with E-state index in [0.717, 1.165) is 4.88 Å². The molecule has 0 amide bonds. The first-order chi connectivity index (χ1) is 12.2. The van der Waals surface area contributed by atoms with Gasteiger partial charge in [0.1, 0.15) is 5.58 Å². The SMILES string of the molecule is COCCn1c(-c2cccs2)nc2oc3ccccc3c(=O)c2c1=O. The van der Waals surface area contributed by atoms with Crippen LogP contribution in [0.5, 0.6) is 0 Å². The first-order valence-corrected chi connectivity index (χ1v) is 8.58. The number of nitrogens with zero attached hydrogens (tertiary/aromatic N) is 2. The molecule has 0 N–H and O–H groups in total. The molecule has 1 aromatic carbocycles. The van der Waals surface area contributed by atoms with Gasteiger partial charge in [-0.3, -0.25) is 14.2 Å². The second-order valence-corrected chi connectivity index (χ2v) is 6.42. The predicted octanol–water partition coefficient (Wildman–Crippen LogP) is 2.88. The van der Waals surface area contributed by atoms with Crippen molar-refractivity contribution in [2.24, 2.45) is 0 Å². The number of aromatic nitrogens is 2. The third kappa shape index (κ3) is 2.57. The van der Waals surface area contributed by atoms with Crippen LogP contribution in [0.3, 0.4) is 0 Å². The Morgan fingerprint density at radius 3 is 2.80 bits per heavy atom. The first-order valence-electron chi connectivity index (χ1n) is 7.70. The van der Waals surface area contributed by atoms with Crippen LogP contribution in [0, 0.1) is 0 Å². The molecule has 3 aromatic heterocycles. The highest BCUT2D eigenvalue weighted by molar-refractivity contribution is 7.13. The number of benzene rings is 1. The molecule has 0 atom stereocenters. The molecule has 0 bridgehead atoms.